The average Bonchev–Trinajstić information content (AvgIpc) is 2.91. The molecule has 2 heterocycles. The summed E-state index contributed by atoms with van der Waals surface area (Å²) < 4.78 is 5.07. The summed E-state index contributed by atoms with van der Waals surface area (Å²) in [5, 5.41) is 3.28. The van der Waals surface area contributed by atoms with Crippen LogP contribution in [0.3, 0.4) is 0 Å². The minimum absolute atomic E-state index is 0.0504. The molecule has 0 spiro atoms. The lowest BCUT2D eigenvalue weighted by atomic mass is 10.2. The number of Topliss-reactive ketones (excluding diaryl/α,β-unsaturated/α-hetero) is 1. The molecule has 82 valence electrons. The van der Waals surface area contributed by atoms with E-state index in [9.17, 15) is 4.79 Å². The van der Waals surface area contributed by atoms with Crippen LogP contribution in [-0.2, 0) is 0 Å². The first kappa shape index (κ1) is 10.4. The molecule has 1 aromatic heterocycles. The van der Waals surface area contributed by atoms with E-state index in [1.54, 1.807) is 12.1 Å². The number of carbonyl (C=O) groups is 1. The summed E-state index contributed by atoms with van der Waals surface area (Å²) in [5.41, 5.74) is 0. The van der Waals surface area contributed by atoms with Gasteiger partial charge in [-0.3, -0.25) is 9.69 Å². The molecule has 0 radical (unpaired) electrons. The Morgan fingerprint density at radius 1 is 1.73 bits per heavy atom. The maximum atomic E-state index is 11.7. The Hall–Kier alpha value is -1.13. The Labute approximate surface area is 89.2 Å². The quantitative estimate of drug-likeness (QED) is 0.742. The zero-order chi connectivity index (χ0) is 10.7. The van der Waals surface area contributed by atoms with Crippen molar-refractivity contribution < 1.29 is 9.21 Å². The second-order valence-corrected chi connectivity index (χ2v) is 3.96. The van der Waals surface area contributed by atoms with Crippen LogP contribution in [0.15, 0.2) is 22.8 Å². The smallest absolute Gasteiger partial charge is 0.211 e. The molecule has 1 N–H and O–H groups in total. The highest BCUT2D eigenvalue weighted by Crippen LogP contribution is 2.08. The Bertz CT molecular complexity index is 315. The lowest BCUT2D eigenvalue weighted by molar-refractivity contribution is 0.0897. The third kappa shape index (κ3) is 2.46. The van der Waals surface area contributed by atoms with E-state index >= 15 is 0 Å². The van der Waals surface area contributed by atoms with Gasteiger partial charge in [0.15, 0.2) is 5.76 Å². The van der Waals surface area contributed by atoms with Gasteiger partial charge in [0, 0.05) is 12.6 Å². The molecular formula is C11H16N2O2. The number of nitrogens with zero attached hydrogens (tertiary/aromatic N) is 1. The minimum Gasteiger partial charge on any atom is -0.461 e. The number of ketones is 1. The highest BCUT2D eigenvalue weighted by Gasteiger charge is 2.21. The van der Waals surface area contributed by atoms with Crippen molar-refractivity contribution in [2.24, 2.45) is 0 Å². The van der Waals surface area contributed by atoms with Gasteiger partial charge in [-0.2, -0.15) is 0 Å². The molecule has 0 aliphatic carbocycles. The second-order valence-electron chi connectivity index (χ2n) is 3.96. The molecule has 0 bridgehead atoms. The first-order valence-corrected chi connectivity index (χ1v) is 5.25. The highest BCUT2D eigenvalue weighted by atomic mass is 16.3. The van der Waals surface area contributed by atoms with Crippen molar-refractivity contribution >= 4 is 5.78 Å². The molecule has 1 aliphatic rings. The monoisotopic (exact) mass is 208 g/mol. The van der Waals surface area contributed by atoms with Gasteiger partial charge in [0.05, 0.1) is 12.8 Å². The SMILES string of the molecule is CN(CC(=O)c1ccco1)[C@H]1CCNC1. The van der Waals surface area contributed by atoms with E-state index in [2.05, 4.69) is 10.2 Å². The molecule has 2 rings (SSSR count). The topological polar surface area (TPSA) is 45.5 Å². The van der Waals surface area contributed by atoms with Crippen LogP contribution in [0.2, 0.25) is 0 Å². The van der Waals surface area contributed by atoms with Crippen LogP contribution in [0, 0.1) is 0 Å². The van der Waals surface area contributed by atoms with Gasteiger partial charge >= 0.3 is 0 Å². The lowest BCUT2D eigenvalue weighted by Crippen LogP contribution is -2.37. The van der Waals surface area contributed by atoms with Crippen LogP contribution in [0.4, 0.5) is 0 Å². The van der Waals surface area contributed by atoms with Crippen molar-refractivity contribution in [1.29, 1.82) is 0 Å². The van der Waals surface area contributed by atoms with Crippen LogP contribution in [-0.4, -0.2) is 43.4 Å². The van der Waals surface area contributed by atoms with Crippen molar-refractivity contribution in [3.8, 4) is 0 Å². The number of hydrogen-bond acceptors (Lipinski definition) is 4. The van der Waals surface area contributed by atoms with E-state index in [1.807, 2.05) is 7.05 Å². The fraction of sp³-hybridized carbons (Fsp3) is 0.545. The Kier molecular flexibility index (Phi) is 3.18. The Balaban J connectivity index is 1.88. The summed E-state index contributed by atoms with van der Waals surface area (Å²) in [6.45, 7) is 2.45. The number of hydrogen-bond donors (Lipinski definition) is 1. The molecule has 1 fully saturated rings. The van der Waals surface area contributed by atoms with Crippen LogP contribution in [0.25, 0.3) is 0 Å². The first-order chi connectivity index (χ1) is 7.27. The van der Waals surface area contributed by atoms with Crippen LogP contribution < -0.4 is 5.32 Å². The normalized spacial score (nSPS) is 21.1. The van der Waals surface area contributed by atoms with Crippen molar-refractivity contribution in [3.05, 3.63) is 24.2 Å². The van der Waals surface area contributed by atoms with Gasteiger partial charge in [0.1, 0.15) is 0 Å². The van der Waals surface area contributed by atoms with Crippen molar-refractivity contribution in [1.82, 2.24) is 10.2 Å². The average molecular weight is 208 g/mol. The first-order valence-electron chi connectivity index (χ1n) is 5.25. The molecule has 1 aromatic rings. The molecular weight excluding hydrogens is 192 g/mol. The molecule has 0 amide bonds. The van der Waals surface area contributed by atoms with Gasteiger partial charge in [-0.05, 0) is 32.1 Å². The summed E-state index contributed by atoms with van der Waals surface area (Å²) >= 11 is 0. The largest absolute Gasteiger partial charge is 0.461 e. The molecule has 0 aromatic carbocycles. The summed E-state index contributed by atoms with van der Waals surface area (Å²) in [7, 11) is 1.98. The van der Waals surface area contributed by atoms with Crippen LogP contribution >= 0.6 is 0 Å². The number of carbonyl (C=O) groups excluding carboxylic acids is 1. The standard InChI is InChI=1S/C11H16N2O2/c1-13(9-4-5-12-7-9)8-10(14)11-3-2-6-15-11/h2-3,6,9,12H,4-5,7-8H2,1H3/t9-/m0/s1. The zero-order valence-corrected chi connectivity index (χ0v) is 8.90. The lowest BCUT2D eigenvalue weighted by Gasteiger charge is -2.21. The molecule has 1 atom stereocenters. The summed E-state index contributed by atoms with van der Waals surface area (Å²) in [5.74, 6) is 0.502. The molecule has 4 heteroatoms. The maximum Gasteiger partial charge on any atom is 0.211 e. The Morgan fingerprint density at radius 3 is 3.20 bits per heavy atom. The fourth-order valence-electron chi connectivity index (χ4n) is 1.89. The third-order valence-electron chi connectivity index (χ3n) is 2.85. The van der Waals surface area contributed by atoms with Crippen molar-refractivity contribution in [2.45, 2.75) is 12.5 Å². The molecule has 1 saturated heterocycles. The summed E-state index contributed by atoms with van der Waals surface area (Å²) in [6.07, 6.45) is 2.65. The van der Waals surface area contributed by atoms with Crippen molar-refractivity contribution in [3.63, 3.8) is 0 Å². The Morgan fingerprint density at radius 2 is 2.60 bits per heavy atom. The molecule has 15 heavy (non-hydrogen) atoms. The number of rotatable bonds is 4. The van der Waals surface area contributed by atoms with Gasteiger partial charge in [-0.15, -0.1) is 0 Å². The van der Waals surface area contributed by atoms with Crippen LogP contribution in [0.1, 0.15) is 17.0 Å². The molecule has 4 nitrogen and oxygen atoms in total. The van der Waals surface area contributed by atoms with E-state index in [0.29, 0.717) is 18.3 Å². The number of furan rings is 1. The molecule has 0 saturated carbocycles. The van der Waals surface area contributed by atoms with E-state index in [4.69, 9.17) is 4.42 Å². The molecule has 1 aliphatic heterocycles. The summed E-state index contributed by atoms with van der Waals surface area (Å²) in [6, 6.07) is 3.93. The van der Waals surface area contributed by atoms with Gasteiger partial charge < -0.3 is 9.73 Å². The zero-order valence-electron chi connectivity index (χ0n) is 8.90. The van der Waals surface area contributed by atoms with E-state index in [-0.39, 0.29) is 5.78 Å². The number of likely N-dealkylation sites (N-methyl/N-ethyl adjacent to an activating group) is 1. The van der Waals surface area contributed by atoms with E-state index in [0.717, 1.165) is 19.5 Å². The van der Waals surface area contributed by atoms with Gasteiger partial charge in [0.2, 0.25) is 5.78 Å². The maximum absolute atomic E-state index is 11.7. The minimum atomic E-state index is 0.0504. The number of nitrogens with one attached hydrogen (secondary N) is 1. The third-order valence-corrected chi connectivity index (χ3v) is 2.85. The highest BCUT2D eigenvalue weighted by molar-refractivity contribution is 5.94. The van der Waals surface area contributed by atoms with Gasteiger partial charge in [-0.1, -0.05) is 0 Å². The van der Waals surface area contributed by atoms with E-state index in [1.165, 1.54) is 6.26 Å². The van der Waals surface area contributed by atoms with Gasteiger partial charge in [0.25, 0.3) is 0 Å². The van der Waals surface area contributed by atoms with Crippen LogP contribution in [0.5, 0.6) is 0 Å². The van der Waals surface area contributed by atoms with Gasteiger partial charge in [-0.25, -0.2) is 0 Å². The molecule has 0 unspecified atom stereocenters. The van der Waals surface area contributed by atoms with Crippen molar-refractivity contribution in [2.75, 3.05) is 26.7 Å². The predicted molar refractivity (Wildman–Crippen MR) is 56.9 cm³/mol. The predicted octanol–water partition coefficient (Wildman–Crippen LogP) is 0.756. The van der Waals surface area contributed by atoms with E-state index < -0.39 is 0 Å². The summed E-state index contributed by atoms with van der Waals surface area (Å²) in [4.78, 5) is 13.8. The fourth-order valence-corrected chi connectivity index (χ4v) is 1.89. The second kappa shape index (κ2) is 4.59.